The molecule has 0 radical (unpaired) electrons. The number of sulfonamides is 1. The van der Waals surface area contributed by atoms with Crippen LogP contribution < -0.4 is 5.32 Å². The second-order valence-corrected chi connectivity index (χ2v) is 8.87. The van der Waals surface area contributed by atoms with E-state index in [0.29, 0.717) is 13.1 Å². The molecular weight excluding hydrogens is 381 g/mol. The van der Waals surface area contributed by atoms with Crippen LogP contribution in [0, 0.1) is 12.7 Å². The summed E-state index contributed by atoms with van der Waals surface area (Å²) in [6.45, 7) is 5.12. The average molecular weight is 405 g/mol. The largest absolute Gasteiger partial charge is 0.325 e. The monoisotopic (exact) mass is 405 g/mol. The maximum Gasteiger partial charge on any atom is 0.243 e. The van der Waals surface area contributed by atoms with Crippen molar-refractivity contribution >= 4 is 21.6 Å². The van der Waals surface area contributed by atoms with Crippen LogP contribution in [0.3, 0.4) is 0 Å². The number of carbonyl (C=O) groups is 1. The number of hydrogen-bond acceptors (Lipinski definition) is 4. The van der Waals surface area contributed by atoms with E-state index in [9.17, 15) is 17.6 Å². The highest BCUT2D eigenvalue weighted by atomic mass is 32.2. The van der Waals surface area contributed by atoms with E-state index in [1.54, 1.807) is 0 Å². The molecule has 1 unspecified atom stereocenters. The smallest absolute Gasteiger partial charge is 0.243 e. The molecule has 8 heteroatoms. The Hall–Kier alpha value is -2.29. The Labute approximate surface area is 165 Å². The Kier molecular flexibility index (Phi) is 6.12. The van der Waals surface area contributed by atoms with Crippen molar-refractivity contribution in [2.24, 2.45) is 0 Å². The number of anilines is 1. The second kappa shape index (κ2) is 8.38. The molecule has 28 heavy (non-hydrogen) atoms. The fourth-order valence-electron chi connectivity index (χ4n) is 3.24. The minimum atomic E-state index is -3.74. The lowest BCUT2D eigenvalue weighted by atomic mass is 10.2. The van der Waals surface area contributed by atoms with Crippen LogP contribution in [0.1, 0.15) is 12.5 Å². The molecular formula is C20H24FN3O3S. The first kappa shape index (κ1) is 20.4. The lowest BCUT2D eigenvalue weighted by Crippen LogP contribution is -2.53. The van der Waals surface area contributed by atoms with Crippen LogP contribution in [-0.2, 0) is 14.8 Å². The van der Waals surface area contributed by atoms with Crippen LogP contribution in [-0.4, -0.2) is 55.8 Å². The van der Waals surface area contributed by atoms with Crippen molar-refractivity contribution in [3.05, 3.63) is 59.9 Å². The Balaban J connectivity index is 1.60. The first-order valence-electron chi connectivity index (χ1n) is 9.15. The molecule has 0 bridgehead atoms. The zero-order valence-corrected chi connectivity index (χ0v) is 16.7. The van der Waals surface area contributed by atoms with Gasteiger partial charge in [-0.2, -0.15) is 4.31 Å². The molecule has 1 saturated heterocycles. The van der Waals surface area contributed by atoms with E-state index in [4.69, 9.17) is 0 Å². The van der Waals surface area contributed by atoms with Crippen molar-refractivity contribution < 1.29 is 17.6 Å². The number of nitrogens with zero attached hydrogens (tertiary/aromatic N) is 2. The van der Waals surface area contributed by atoms with Crippen LogP contribution in [0.15, 0.2) is 53.4 Å². The number of benzene rings is 2. The normalized spacial score (nSPS) is 17.2. The SMILES string of the molecule is Cc1cccc(NC(=O)C(C)N2CCN(S(=O)(=O)c3cccc(F)c3)CC2)c1. The highest BCUT2D eigenvalue weighted by Crippen LogP contribution is 2.19. The van der Waals surface area contributed by atoms with Gasteiger partial charge in [0.25, 0.3) is 0 Å². The van der Waals surface area contributed by atoms with E-state index in [2.05, 4.69) is 5.32 Å². The molecule has 0 aromatic heterocycles. The molecule has 0 saturated carbocycles. The maximum absolute atomic E-state index is 13.4. The molecule has 1 aliphatic rings. The first-order chi connectivity index (χ1) is 13.3. The predicted molar refractivity (Wildman–Crippen MR) is 106 cm³/mol. The topological polar surface area (TPSA) is 69.7 Å². The van der Waals surface area contributed by atoms with E-state index >= 15 is 0 Å². The minimum absolute atomic E-state index is 0.0498. The molecule has 1 N–H and O–H groups in total. The van der Waals surface area contributed by atoms with E-state index < -0.39 is 15.8 Å². The Morgan fingerprint density at radius 3 is 2.39 bits per heavy atom. The third kappa shape index (κ3) is 4.57. The molecule has 2 aromatic carbocycles. The lowest BCUT2D eigenvalue weighted by molar-refractivity contribution is -0.121. The summed E-state index contributed by atoms with van der Waals surface area (Å²) in [6, 6.07) is 12.2. The number of aryl methyl sites for hydroxylation is 1. The molecule has 1 heterocycles. The van der Waals surface area contributed by atoms with Gasteiger partial charge in [0.15, 0.2) is 0 Å². The molecule has 2 aromatic rings. The number of hydrogen-bond donors (Lipinski definition) is 1. The van der Waals surface area contributed by atoms with Crippen LogP contribution >= 0.6 is 0 Å². The summed E-state index contributed by atoms with van der Waals surface area (Å²) in [5.41, 5.74) is 1.80. The molecule has 1 atom stereocenters. The summed E-state index contributed by atoms with van der Waals surface area (Å²) in [4.78, 5) is 14.4. The number of nitrogens with one attached hydrogen (secondary N) is 1. The molecule has 150 valence electrons. The first-order valence-corrected chi connectivity index (χ1v) is 10.6. The van der Waals surface area contributed by atoms with E-state index in [-0.39, 0.29) is 29.9 Å². The summed E-state index contributed by atoms with van der Waals surface area (Å²) in [5, 5.41) is 2.90. The van der Waals surface area contributed by atoms with Crippen molar-refractivity contribution in [2.75, 3.05) is 31.5 Å². The standard InChI is InChI=1S/C20H24FN3O3S/c1-15-5-3-7-18(13-15)22-20(25)16(2)23-9-11-24(12-10-23)28(26,27)19-8-4-6-17(21)14-19/h3-8,13-14,16H,9-12H2,1-2H3,(H,22,25). The summed E-state index contributed by atoms with van der Waals surface area (Å²) in [7, 11) is -3.74. The van der Waals surface area contributed by atoms with Crippen LogP contribution in [0.2, 0.25) is 0 Å². The highest BCUT2D eigenvalue weighted by molar-refractivity contribution is 7.89. The Morgan fingerprint density at radius 1 is 1.07 bits per heavy atom. The molecule has 0 spiro atoms. The van der Waals surface area contributed by atoms with Crippen molar-refractivity contribution in [1.29, 1.82) is 0 Å². The fraction of sp³-hybridized carbons (Fsp3) is 0.350. The lowest BCUT2D eigenvalue weighted by Gasteiger charge is -2.36. The number of piperazine rings is 1. The zero-order chi connectivity index (χ0) is 20.3. The summed E-state index contributed by atoms with van der Waals surface area (Å²) in [5.74, 6) is -0.715. The number of rotatable bonds is 5. The van der Waals surface area contributed by atoms with Crippen molar-refractivity contribution in [2.45, 2.75) is 24.8 Å². The molecule has 1 amide bonds. The Bertz CT molecular complexity index is 957. The molecule has 3 rings (SSSR count). The Morgan fingerprint density at radius 2 is 1.75 bits per heavy atom. The predicted octanol–water partition coefficient (Wildman–Crippen LogP) is 2.47. The molecule has 1 fully saturated rings. The average Bonchev–Trinajstić information content (AvgIpc) is 2.67. The van der Waals surface area contributed by atoms with Gasteiger partial charge in [0.1, 0.15) is 5.82 Å². The summed E-state index contributed by atoms with van der Waals surface area (Å²) in [6.07, 6.45) is 0. The van der Waals surface area contributed by atoms with Gasteiger partial charge in [-0.1, -0.05) is 18.2 Å². The van der Waals surface area contributed by atoms with Crippen molar-refractivity contribution in [3.8, 4) is 0 Å². The highest BCUT2D eigenvalue weighted by Gasteiger charge is 2.32. The van der Waals surface area contributed by atoms with Gasteiger partial charge in [0.2, 0.25) is 15.9 Å². The van der Waals surface area contributed by atoms with Gasteiger partial charge in [-0.3, -0.25) is 9.69 Å². The number of carbonyl (C=O) groups excluding carboxylic acids is 1. The van der Waals surface area contributed by atoms with Crippen molar-refractivity contribution in [1.82, 2.24) is 9.21 Å². The van der Waals surface area contributed by atoms with Gasteiger partial charge in [0, 0.05) is 31.9 Å². The van der Waals surface area contributed by atoms with Crippen molar-refractivity contribution in [3.63, 3.8) is 0 Å². The van der Waals surface area contributed by atoms with Crippen LogP contribution in [0.4, 0.5) is 10.1 Å². The van der Waals surface area contributed by atoms with E-state index in [0.717, 1.165) is 17.3 Å². The fourth-order valence-corrected chi connectivity index (χ4v) is 4.70. The van der Waals surface area contributed by atoms with Gasteiger partial charge < -0.3 is 5.32 Å². The molecule has 1 aliphatic heterocycles. The molecule has 6 nitrogen and oxygen atoms in total. The summed E-state index contributed by atoms with van der Waals surface area (Å²) < 4.78 is 40.1. The number of amides is 1. The molecule has 0 aliphatic carbocycles. The quantitative estimate of drug-likeness (QED) is 0.830. The van der Waals surface area contributed by atoms with Crippen LogP contribution in [0.5, 0.6) is 0 Å². The number of halogens is 1. The minimum Gasteiger partial charge on any atom is -0.325 e. The second-order valence-electron chi connectivity index (χ2n) is 6.93. The van der Waals surface area contributed by atoms with Crippen LogP contribution in [0.25, 0.3) is 0 Å². The van der Waals surface area contributed by atoms with Gasteiger partial charge in [-0.25, -0.2) is 12.8 Å². The van der Waals surface area contributed by atoms with E-state index in [1.165, 1.54) is 22.5 Å². The van der Waals surface area contributed by atoms with Gasteiger partial charge in [-0.15, -0.1) is 0 Å². The third-order valence-electron chi connectivity index (χ3n) is 4.92. The van der Waals surface area contributed by atoms with Gasteiger partial charge >= 0.3 is 0 Å². The van der Waals surface area contributed by atoms with Gasteiger partial charge in [0.05, 0.1) is 10.9 Å². The third-order valence-corrected chi connectivity index (χ3v) is 6.81. The summed E-state index contributed by atoms with van der Waals surface area (Å²) >= 11 is 0. The van der Waals surface area contributed by atoms with Gasteiger partial charge in [-0.05, 0) is 49.7 Å². The van der Waals surface area contributed by atoms with E-state index in [1.807, 2.05) is 43.0 Å². The zero-order valence-electron chi connectivity index (χ0n) is 15.9. The maximum atomic E-state index is 13.4.